The lowest BCUT2D eigenvalue weighted by atomic mass is 10.3. The largest absolute Gasteiger partial charge is 0.433 e. The number of nitrogens with one attached hydrogen (secondary N) is 1. The van der Waals surface area contributed by atoms with Gasteiger partial charge in [0.15, 0.2) is 0 Å². The highest BCUT2D eigenvalue weighted by atomic mass is 35.5. The molecule has 0 aliphatic carbocycles. The van der Waals surface area contributed by atoms with Crippen LogP contribution in [-0.4, -0.2) is 9.85 Å². The Morgan fingerprint density at radius 2 is 1.90 bits per heavy atom. The van der Waals surface area contributed by atoms with Crippen molar-refractivity contribution in [1.82, 2.24) is 0 Å². The van der Waals surface area contributed by atoms with Gasteiger partial charge in [-0.2, -0.15) is 0 Å². The molecule has 0 saturated carbocycles. The third-order valence-corrected chi connectivity index (χ3v) is 2.74. The standard InChI is InChI=1S/C11H8ClN3O5/c12-9-5-7(1-3-10(9)14(16)17)13-6-8-2-4-11(20-8)15(18)19/h1-5,13H,6H2. The first-order valence-corrected chi connectivity index (χ1v) is 5.76. The van der Waals surface area contributed by atoms with E-state index in [-0.39, 0.29) is 23.1 Å². The highest BCUT2D eigenvalue weighted by Gasteiger charge is 2.13. The molecule has 0 atom stereocenters. The van der Waals surface area contributed by atoms with Gasteiger partial charge in [0.1, 0.15) is 15.7 Å². The van der Waals surface area contributed by atoms with E-state index >= 15 is 0 Å². The predicted molar refractivity (Wildman–Crippen MR) is 70.8 cm³/mol. The van der Waals surface area contributed by atoms with Crippen molar-refractivity contribution in [3.63, 3.8) is 0 Å². The minimum absolute atomic E-state index is 0.00502. The van der Waals surface area contributed by atoms with Crippen molar-refractivity contribution in [2.45, 2.75) is 6.54 Å². The third-order valence-electron chi connectivity index (χ3n) is 2.44. The van der Waals surface area contributed by atoms with Crippen molar-refractivity contribution >= 4 is 28.9 Å². The van der Waals surface area contributed by atoms with Gasteiger partial charge in [-0.1, -0.05) is 11.6 Å². The Balaban J connectivity index is 2.05. The van der Waals surface area contributed by atoms with Crippen molar-refractivity contribution in [2.24, 2.45) is 0 Å². The molecular formula is C11H8ClN3O5. The lowest BCUT2D eigenvalue weighted by molar-refractivity contribution is -0.402. The Labute approximate surface area is 117 Å². The lowest BCUT2D eigenvalue weighted by Gasteiger charge is -2.04. The Morgan fingerprint density at radius 1 is 1.15 bits per heavy atom. The average Bonchev–Trinajstić information content (AvgIpc) is 2.85. The predicted octanol–water partition coefficient (Wildman–Crippen LogP) is 3.36. The zero-order valence-corrected chi connectivity index (χ0v) is 10.7. The quantitative estimate of drug-likeness (QED) is 0.669. The fraction of sp³-hybridized carbons (Fsp3) is 0.0909. The van der Waals surface area contributed by atoms with E-state index in [1.165, 1.54) is 30.3 Å². The second-order valence-electron chi connectivity index (χ2n) is 3.77. The molecule has 2 aromatic rings. The maximum atomic E-state index is 10.6. The van der Waals surface area contributed by atoms with Crippen molar-refractivity contribution < 1.29 is 14.3 Å². The van der Waals surface area contributed by atoms with Gasteiger partial charge in [-0.3, -0.25) is 20.2 Å². The van der Waals surface area contributed by atoms with Gasteiger partial charge in [-0.25, -0.2) is 0 Å². The molecule has 0 spiro atoms. The van der Waals surface area contributed by atoms with Gasteiger partial charge < -0.3 is 9.73 Å². The van der Waals surface area contributed by atoms with Crippen LogP contribution in [0.2, 0.25) is 5.02 Å². The molecule has 2 rings (SSSR count). The summed E-state index contributed by atoms with van der Waals surface area (Å²) in [4.78, 5) is 19.8. The molecule has 0 radical (unpaired) electrons. The summed E-state index contributed by atoms with van der Waals surface area (Å²) < 4.78 is 4.96. The highest BCUT2D eigenvalue weighted by Crippen LogP contribution is 2.27. The fourth-order valence-corrected chi connectivity index (χ4v) is 1.76. The first-order chi connectivity index (χ1) is 9.47. The number of rotatable bonds is 5. The van der Waals surface area contributed by atoms with E-state index in [1.54, 1.807) is 0 Å². The molecule has 20 heavy (non-hydrogen) atoms. The van der Waals surface area contributed by atoms with Crippen molar-refractivity contribution in [3.05, 3.63) is 61.3 Å². The summed E-state index contributed by atoms with van der Waals surface area (Å²) in [5, 5.41) is 23.9. The number of furan rings is 1. The van der Waals surface area contributed by atoms with Crippen LogP contribution in [0.5, 0.6) is 0 Å². The second-order valence-corrected chi connectivity index (χ2v) is 4.18. The topological polar surface area (TPSA) is 111 Å². The van der Waals surface area contributed by atoms with Crippen LogP contribution < -0.4 is 5.32 Å². The molecule has 0 aliphatic rings. The van der Waals surface area contributed by atoms with Crippen LogP contribution in [0.4, 0.5) is 17.3 Å². The molecule has 8 nitrogen and oxygen atoms in total. The first kappa shape index (κ1) is 13.8. The van der Waals surface area contributed by atoms with Crippen LogP contribution in [0, 0.1) is 20.2 Å². The van der Waals surface area contributed by atoms with Crippen LogP contribution in [0.3, 0.4) is 0 Å². The maximum Gasteiger partial charge on any atom is 0.433 e. The van der Waals surface area contributed by atoms with Gasteiger partial charge in [-0.15, -0.1) is 0 Å². The number of halogens is 1. The van der Waals surface area contributed by atoms with Gasteiger partial charge in [0, 0.05) is 11.8 Å². The Morgan fingerprint density at radius 3 is 2.45 bits per heavy atom. The zero-order valence-electron chi connectivity index (χ0n) is 9.91. The van der Waals surface area contributed by atoms with Crippen LogP contribution in [0.25, 0.3) is 0 Å². The Kier molecular flexibility index (Phi) is 3.85. The molecule has 1 N–H and O–H groups in total. The Hall–Kier alpha value is -2.61. The van der Waals surface area contributed by atoms with Crippen LogP contribution in [0.1, 0.15) is 5.76 Å². The smallest absolute Gasteiger partial charge is 0.404 e. The maximum absolute atomic E-state index is 10.6. The van der Waals surface area contributed by atoms with Gasteiger partial charge in [0.2, 0.25) is 0 Å². The minimum Gasteiger partial charge on any atom is -0.404 e. The van der Waals surface area contributed by atoms with Crippen molar-refractivity contribution in [2.75, 3.05) is 5.32 Å². The molecule has 1 aromatic heterocycles. The fourth-order valence-electron chi connectivity index (χ4n) is 1.51. The van der Waals surface area contributed by atoms with Crippen molar-refractivity contribution in [3.8, 4) is 0 Å². The summed E-state index contributed by atoms with van der Waals surface area (Å²) in [5.41, 5.74) is 0.352. The molecule has 104 valence electrons. The highest BCUT2D eigenvalue weighted by molar-refractivity contribution is 6.32. The number of hydrogen-bond acceptors (Lipinski definition) is 6. The average molecular weight is 298 g/mol. The third kappa shape index (κ3) is 3.04. The van der Waals surface area contributed by atoms with E-state index < -0.39 is 9.85 Å². The summed E-state index contributed by atoms with van der Waals surface area (Å²) in [6.45, 7) is 0.196. The molecule has 9 heteroatoms. The molecule has 0 saturated heterocycles. The van der Waals surface area contributed by atoms with E-state index in [0.29, 0.717) is 11.4 Å². The van der Waals surface area contributed by atoms with E-state index in [4.69, 9.17) is 16.0 Å². The summed E-state index contributed by atoms with van der Waals surface area (Å²) >= 11 is 5.76. The SMILES string of the molecule is O=[N+]([O-])c1ccc(CNc2ccc([N+](=O)[O-])c(Cl)c2)o1. The monoisotopic (exact) mass is 297 g/mol. The first-order valence-electron chi connectivity index (χ1n) is 5.38. The molecule has 0 fully saturated rings. The van der Waals surface area contributed by atoms with E-state index in [1.807, 2.05) is 0 Å². The molecule has 1 aromatic carbocycles. The Bertz CT molecular complexity index is 670. The van der Waals surface area contributed by atoms with Crippen molar-refractivity contribution in [1.29, 1.82) is 0 Å². The van der Waals surface area contributed by atoms with Gasteiger partial charge in [-0.05, 0) is 18.2 Å². The number of nitro groups is 2. The van der Waals surface area contributed by atoms with Gasteiger partial charge >= 0.3 is 5.88 Å². The van der Waals surface area contributed by atoms with Crippen LogP contribution in [-0.2, 0) is 6.54 Å². The molecule has 0 amide bonds. The molecule has 0 bridgehead atoms. The molecule has 1 heterocycles. The van der Waals surface area contributed by atoms with Crippen LogP contribution >= 0.6 is 11.6 Å². The summed E-state index contributed by atoms with van der Waals surface area (Å²) in [7, 11) is 0. The normalized spacial score (nSPS) is 10.2. The van der Waals surface area contributed by atoms with Gasteiger partial charge in [0.05, 0.1) is 17.5 Å². The summed E-state index contributed by atoms with van der Waals surface area (Å²) in [6.07, 6.45) is 0. The number of nitro benzene ring substituents is 1. The van der Waals surface area contributed by atoms with E-state index in [9.17, 15) is 20.2 Å². The molecular weight excluding hydrogens is 290 g/mol. The summed E-state index contributed by atoms with van der Waals surface area (Å²) in [6, 6.07) is 6.88. The second kappa shape index (κ2) is 5.57. The lowest BCUT2D eigenvalue weighted by Crippen LogP contribution is -1.98. The zero-order chi connectivity index (χ0) is 14.7. The molecule has 0 unspecified atom stereocenters. The number of nitrogens with zero attached hydrogens (tertiary/aromatic N) is 2. The molecule has 0 aliphatic heterocycles. The van der Waals surface area contributed by atoms with Crippen LogP contribution in [0.15, 0.2) is 34.7 Å². The number of anilines is 1. The van der Waals surface area contributed by atoms with E-state index in [0.717, 1.165) is 0 Å². The van der Waals surface area contributed by atoms with Gasteiger partial charge in [0.25, 0.3) is 5.69 Å². The number of benzene rings is 1. The van der Waals surface area contributed by atoms with E-state index in [2.05, 4.69) is 5.32 Å². The number of hydrogen-bond donors (Lipinski definition) is 1. The summed E-state index contributed by atoms with van der Waals surface area (Å²) in [5.74, 6) is 0.0229. The minimum atomic E-state index is -0.633.